The van der Waals surface area contributed by atoms with Crippen LogP contribution >= 0.6 is 0 Å². The molecule has 10 heteroatoms. The van der Waals surface area contributed by atoms with E-state index in [0.29, 0.717) is 34.5 Å². The van der Waals surface area contributed by atoms with Gasteiger partial charge in [-0.05, 0) is 37.6 Å². The smallest absolute Gasteiger partial charge is 0.251 e. The fourth-order valence-electron chi connectivity index (χ4n) is 4.02. The molecular formula is C27H27N7O3. The van der Waals surface area contributed by atoms with Crippen molar-refractivity contribution in [1.82, 2.24) is 30.2 Å². The van der Waals surface area contributed by atoms with Gasteiger partial charge in [0.15, 0.2) is 0 Å². The quantitative estimate of drug-likeness (QED) is 0.240. The lowest BCUT2D eigenvalue weighted by Gasteiger charge is -2.14. The van der Waals surface area contributed by atoms with Crippen molar-refractivity contribution in [3.05, 3.63) is 66.6 Å². The van der Waals surface area contributed by atoms with Crippen LogP contribution in [0.15, 0.2) is 61.1 Å². The van der Waals surface area contributed by atoms with E-state index in [0.717, 1.165) is 27.9 Å². The Labute approximate surface area is 213 Å². The van der Waals surface area contributed by atoms with Crippen molar-refractivity contribution >= 4 is 28.6 Å². The van der Waals surface area contributed by atoms with E-state index in [4.69, 9.17) is 9.47 Å². The molecule has 10 nitrogen and oxygen atoms in total. The Morgan fingerprint density at radius 2 is 1.81 bits per heavy atom. The number of aromatic amines is 2. The SMILES string of the molecule is CNC(=O)c1ccc(Nc2nc(OC(C)C)c3c(-c4ccc(-c5ncc[nH]5)cc4)c[nH]c3n2)c(OC)c1. The minimum Gasteiger partial charge on any atom is -0.495 e. The number of methoxy groups -OCH3 is 1. The van der Waals surface area contributed by atoms with Crippen LogP contribution < -0.4 is 20.1 Å². The van der Waals surface area contributed by atoms with Gasteiger partial charge in [0.25, 0.3) is 5.91 Å². The van der Waals surface area contributed by atoms with Crippen LogP contribution in [0.3, 0.4) is 0 Å². The fourth-order valence-corrected chi connectivity index (χ4v) is 4.02. The van der Waals surface area contributed by atoms with Crippen LogP contribution in [0.2, 0.25) is 0 Å². The predicted molar refractivity (Wildman–Crippen MR) is 142 cm³/mol. The second kappa shape index (κ2) is 10.0. The Kier molecular flexibility index (Phi) is 6.46. The molecule has 1 amide bonds. The first-order chi connectivity index (χ1) is 18.0. The molecule has 3 aromatic heterocycles. The zero-order valence-electron chi connectivity index (χ0n) is 20.9. The summed E-state index contributed by atoms with van der Waals surface area (Å²) >= 11 is 0. The minimum absolute atomic E-state index is 0.101. The number of fused-ring (bicyclic) bond motifs is 1. The highest BCUT2D eigenvalue weighted by Gasteiger charge is 2.19. The fraction of sp³-hybridized carbons (Fsp3) is 0.185. The molecule has 0 aliphatic rings. The number of hydrogen-bond acceptors (Lipinski definition) is 7. The molecule has 4 N–H and O–H groups in total. The monoisotopic (exact) mass is 497 g/mol. The molecule has 0 radical (unpaired) electrons. The van der Waals surface area contributed by atoms with Gasteiger partial charge in [-0.2, -0.15) is 9.97 Å². The van der Waals surface area contributed by atoms with Crippen LogP contribution in [-0.4, -0.2) is 51.1 Å². The number of benzene rings is 2. The van der Waals surface area contributed by atoms with E-state index >= 15 is 0 Å². The van der Waals surface area contributed by atoms with Gasteiger partial charge in [-0.3, -0.25) is 4.79 Å². The molecule has 0 atom stereocenters. The third kappa shape index (κ3) is 4.81. The average molecular weight is 498 g/mol. The third-order valence-corrected chi connectivity index (χ3v) is 5.75. The maximum absolute atomic E-state index is 12.0. The summed E-state index contributed by atoms with van der Waals surface area (Å²) in [5.74, 6) is 1.88. The number of anilines is 2. The number of nitrogens with zero attached hydrogens (tertiary/aromatic N) is 3. The summed E-state index contributed by atoms with van der Waals surface area (Å²) < 4.78 is 11.6. The van der Waals surface area contributed by atoms with E-state index in [9.17, 15) is 4.79 Å². The molecule has 5 rings (SSSR count). The Balaban J connectivity index is 1.52. The van der Waals surface area contributed by atoms with Crippen molar-refractivity contribution in [2.75, 3.05) is 19.5 Å². The molecule has 2 aromatic carbocycles. The summed E-state index contributed by atoms with van der Waals surface area (Å²) in [4.78, 5) is 32.1. The van der Waals surface area contributed by atoms with Gasteiger partial charge in [0.05, 0.1) is 24.3 Å². The summed E-state index contributed by atoms with van der Waals surface area (Å²) in [6, 6.07) is 13.2. The number of carbonyl (C=O) groups excluding carboxylic acids is 1. The van der Waals surface area contributed by atoms with E-state index in [-0.39, 0.29) is 12.0 Å². The third-order valence-electron chi connectivity index (χ3n) is 5.75. The first-order valence-electron chi connectivity index (χ1n) is 11.8. The van der Waals surface area contributed by atoms with E-state index in [1.54, 1.807) is 44.8 Å². The Hall–Kier alpha value is -4.86. The number of amides is 1. The van der Waals surface area contributed by atoms with Gasteiger partial charge >= 0.3 is 0 Å². The first kappa shape index (κ1) is 23.9. The van der Waals surface area contributed by atoms with Gasteiger partial charge in [-0.25, -0.2) is 4.98 Å². The Bertz CT molecular complexity index is 1540. The number of imidazole rings is 1. The lowest BCUT2D eigenvalue weighted by atomic mass is 10.0. The average Bonchev–Trinajstić information content (AvgIpc) is 3.59. The number of aromatic nitrogens is 5. The van der Waals surface area contributed by atoms with Crippen molar-refractivity contribution in [3.63, 3.8) is 0 Å². The molecule has 0 unspecified atom stereocenters. The van der Waals surface area contributed by atoms with E-state index in [2.05, 4.69) is 35.6 Å². The molecule has 0 saturated carbocycles. The van der Waals surface area contributed by atoms with Crippen LogP contribution in [0.4, 0.5) is 11.6 Å². The number of rotatable bonds is 8. The normalized spacial score (nSPS) is 11.1. The van der Waals surface area contributed by atoms with Crippen LogP contribution in [0.5, 0.6) is 11.6 Å². The summed E-state index contributed by atoms with van der Waals surface area (Å²) in [6.45, 7) is 3.90. The molecule has 0 aliphatic carbocycles. The zero-order chi connectivity index (χ0) is 25.9. The van der Waals surface area contributed by atoms with Crippen molar-refractivity contribution in [2.24, 2.45) is 0 Å². The molecule has 0 bridgehead atoms. The lowest BCUT2D eigenvalue weighted by Crippen LogP contribution is -2.17. The standard InChI is InChI=1S/C27H27N7O3/c1-15(2)37-26-22-19(16-5-7-17(8-6-16)23-29-11-12-30-23)14-31-24(22)33-27(34-26)32-20-10-9-18(25(35)28-3)13-21(20)36-4/h5-15H,1-4H3,(H,28,35)(H,29,30)(H2,31,32,33,34). The molecule has 0 fully saturated rings. The number of ether oxygens (including phenoxy) is 2. The maximum Gasteiger partial charge on any atom is 0.251 e. The van der Waals surface area contributed by atoms with E-state index in [1.165, 1.54) is 0 Å². The maximum atomic E-state index is 12.0. The number of H-pyrrole nitrogens is 2. The van der Waals surface area contributed by atoms with Crippen LogP contribution in [-0.2, 0) is 0 Å². The van der Waals surface area contributed by atoms with Crippen LogP contribution in [0.1, 0.15) is 24.2 Å². The summed E-state index contributed by atoms with van der Waals surface area (Å²) in [6.07, 6.45) is 5.33. The lowest BCUT2D eigenvalue weighted by molar-refractivity contribution is 0.0962. The minimum atomic E-state index is -0.203. The van der Waals surface area contributed by atoms with Gasteiger partial charge < -0.3 is 30.1 Å². The molecular weight excluding hydrogens is 470 g/mol. The number of carbonyl (C=O) groups is 1. The van der Waals surface area contributed by atoms with Crippen LogP contribution in [0.25, 0.3) is 33.5 Å². The van der Waals surface area contributed by atoms with Gasteiger partial charge in [0, 0.05) is 42.3 Å². The first-order valence-corrected chi connectivity index (χ1v) is 11.8. The highest BCUT2D eigenvalue weighted by atomic mass is 16.5. The molecule has 188 valence electrons. The van der Waals surface area contributed by atoms with E-state index < -0.39 is 0 Å². The summed E-state index contributed by atoms with van der Waals surface area (Å²) in [5.41, 5.74) is 4.63. The summed E-state index contributed by atoms with van der Waals surface area (Å²) in [5, 5.41) is 6.59. The molecule has 5 aromatic rings. The van der Waals surface area contributed by atoms with Crippen molar-refractivity contribution in [1.29, 1.82) is 0 Å². The van der Waals surface area contributed by atoms with Crippen molar-refractivity contribution < 1.29 is 14.3 Å². The Morgan fingerprint density at radius 3 is 2.49 bits per heavy atom. The highest BCUT2D eigenvalue weighted by molar-refractivity contribution is 5.98. The van der Waals surface area contributed by atoms with Gasteiger partial charge in [-0.1, -0.05) is 24.3 Å². The zero-order valence-corrected chi connectivity index (χ0v) is 20.9. The summed E-state index contributed by atoms with van der Waals surface area (Å²) in [7, 11) is 3.12. The second-order valence-corrected chi connectivity index (χ2v) is 8.58. The molecule has 0 aliphatic heterocycles. The highest BCUT2D eigenvalue weighted by Crippen LogP contribution is 2.36. The molecule has 3 heterocycles. The number of hydrogen-bond donors (Lipinski definition) is 4. The van der Waals surface area contributed by atoms with Crippen LogP contribution in [0, 0.1) is 0 Å². The van der Waals surface area contributed by atoms with Gasteiger partial charge in [0.2, 0.25) is 11.8 Å². The largest absolute Gasteiger partial charge is 0.495 e. The predicted octanol–water partition coefficient (Wildman–Crippen LogP) is 4.91. The van der Waals surface area contributed by atoms with E-state index in [1.807, 2.05) is 44.3 Å². The molecule has 0 spiro atoms. The Morgan fingerprint density at radius 1 is 1.03 bits per heavy atom. The molecule has 0 saturated heterocycles. The molecule has 37 heavy (non-hydrogen) atoms. The van der Waals surface area contributed by atoms with Crippen molar-refractivity contribution in [2.45, 2.75) is 20.0 Å². The topological polar surface area (TPSA) is 130 Å². The van der Waals surface area contributed by atoms with Gasteiger partial charge in [-0.15, -0.1) is 0 Å². The number of nitrogens with one attached hydrogen (secondary N) is 4. The van der Waals surface area contributed by atoms with Gasteiger partial charge in [0.1, 0.15) is 17.2 Å². The second-order valence-electron chi connectivity index (χ2n) is 8.58. The van der Waals surface area contributed by atoms with Crippen molar-refractivity contribution in [3.8, 4) is 34.1 Å².